The zero-order chi connectivity index (χ0) is 55.2. The Labute approximate surface area is 442 Å². The van der Waals surface area contributed by atoms with E-state index in [1.54, 1.807) is 39.1 Å². The number of hydrogen-bond donors (Lipinski definition) is 2. The number of esters is 2. The molecule has 0 fully saturated rings. The molecule has 2 amide bonds. The van der Waals surface area contributed by atoms with Crippen LogP contribution < -0.4 is 10.7 Å². The molecule has 0 bridgehead atoms. The third-order valence-electron chi connectivity index (χ3n) is 11.5. The molecular weight excluding hydrogens is 973 g/mol. The molecule has 20 nitrogen and oxygen atoms in total. The molecule has 1 heterocycles. The number of carbonyl (C=O) groups excluding carboxylic acids is 6. The van der Waals surface area contributed by atoms with E-state index in [0.29, 0.717) is 46.2 Å². The molecule has 2 aromatic carbocycles. The Morgan fingerprint density at radius 1 is 0.653 bits per heavy atom. The van der Waals surface area contributed by atoms with Crippen LogP contribution in [-0.2, 0) is 79.5 Å². The number of alkyl carbamates (subject to hydrolysis) is 1. The molecule has 20 heteroatoms. The van der Waals surface area contributed by atoms with Gasteiger partial charge in [-0.3, -0.25) is 29.6 Å². The van der Waals surface area contributed by atoms with Crippen molar-refractivity contribution in [1.29, 1.82) is 0 Å². The third kappa shape index (κ3) is 25.9. The van der Waals surface area contributed by atoms with E-state index in [1.165, 1.54) is 14.0 Å². The topological polar surface area (TPSA) is 235 Å². The van der Waals surface area contributed by atoms with E-state index in [2.05, 4.69) is 15.7 Å². The van der Waals surface area contributed by atoms with Gasteiger partial charge in [-0.1, -0.05) is 102 Å². The normalized spacial score (nSPS) is 13.6. The lowest BCUT2D eigenvalue weighted by Crippen LogP contribution is -2.53. The van der Waals surface area contributed by atoms with Gasteiger partial charge >= 0.3 is 24.2 Å². The Balaban J connectivity index is 1.91. The van der Waals surface area contributed by atoms with Crippen LogP contribution in [0.4, 0.5) is 9.59 Å². The fourth-order valence-corrected chi connectivity index (χ4v) is 7.67. The Kier molecular flexibility index (Phi) is 28.5. The van der Waals surface area contributed by atoms with Gasteiger partial charge < -0.3 is 52.7 Å². The summed E-state index contributed by atoms with van der Waals surface area (Å²) >= 11 is 0. The number of benzene rings is 2. The lowest BCUT2D eigenvalue weighted by molar-refractivity contribution is -0.167. The number of ether oxygens (including phenoxy) is 10. The first-order valence-corrected chi connectivity index (χ1v) is 25.2. The first-order chi connectivity index (χ1) is 35.7. The van der Waals surface area contributed by atoms with Crippen LogP contribution in [0.1, 0.15) is 79.4 Å². The highest BCUT2D eigenvalue weighted by Gasteiger charge is 2.39. The van der Waals surface area contributed by atoms with Crippen LogP contribution in [0.15, 0.2) is 79.0 Å². The summed E-state index contributed by atoms with van der Waals surface area (Å²) in [6.07, 6.45) is -3.21. The number of methoxy groups -OCH3 is 2. The van der Waals surface area contributed by atoms with E-state index in [4.69, 9.17) is 47.4 Å². The molecule has 0 saturated carbocycles. The summed E-state index contributed by atoms with van der Waals surface area (Å²) in [6.45, 7) is 16.4. The molecule has 0 aliphatic heterocycles. The van der Waals surface area contributed by atoms with Gasteiger partial charge in [0.2, 0.25) is 12.2 Å². The van der Waals surface area contributed by atoms with Crippen molar-refractivity contribution < 1.29 is 76.1 Å². The molecule has 0 aliphatic rings. The summed E-state index contributed by atoms with van der Waals surface area (Å²) in [5, 5.41) is 4.31. The molecule has 0 aliphatic carbocycles. The van der Waals surface area contributed by atoms with Gasteiger partial charge in [0.25, 0.3) is 0 Å². The SMILES string of the molecule is COCCOCCOCCOCCOCCOC(=O)N[C@H](C(=O)CC(Cc1ccccc1)[C@H](CN(Cc1ccc(-c2ccccn2)cc1)NC(=O)[C@@H](CC(=O)OC)C(C)(C)C)OC(=O)OC(C)OC(C)=O)C(C)(C)C. The van der Waals surface area contributed by atoms with Crippen LogP contribution in [0.2, 0.25) is 0 Å². The molecule has 2 N–H and O–H groups in total. The highest BCUT2D eigenvalue weighted by Crippen LogP contribution is 2.31. The molecule has 75 heavy (non-hydrogen) atoms. The summed E-state index contributed by atoms with van der Waals surface area (Å²) < 4.78 is 53.8. The zero-order valence-electron chi connectivity index (χ0n) is 45.4. The largest absolute Gasteiger partial charge is 0.511 e. The molecule has 3 aromatic rings. The number of nitrogens with zero attached hydrogens (tertiary/aromatic N) is 2. The number of hydrogen-bond acceptors (Lipinski definition) is 18. The summed E-state index contributed by atoms with van der Waals surface area (Å²) in [6, 6.07) is 21.3. The van der Waals surface area contributed by atoms with E-state index < -0.39 is 77.0 Å². The van der Waals surface area contributed by atoms with Crippen molar-refractivity contribution in [2.24, 2.45) is 22.7 Å². The van der Waals surface area contributed by atoms with Crippen LogP contribution >= 0.6 is 0 Å². The van der Waals surface area contributed by atoms with E-state index in [9.17, 15) is 28.8 Å². The van der Waals surface area contributed by atoms with Crippen molar-refractivity contribution in [2.75, 3.05) is 86.8 Å². The van der Waals surface area contributed by atoms with Crippen LogP contribution in [0.25, 0.3) is 11.3 Å². The van der Waals surface area contributed by atoms with Gasteiger partial charge in [-0.25, -0.2) is 14.6 Å². The first kappa shape index (κ1) is 63.3. The quantitative estimate of drug-likeness (QED) is 0.0203. The standard InChI is InChI=1S/C55H80N4O16/c1-39(60)73-40(2)74-53(65)75-48(38-59(58-51(63)45(54(3,4)5)36-49(62)67-10)37-42-19-21-43(22-20-42)46-18-14-15-23-56-46)44(34-41-16-12-11-13-17-41)35-47(61)50(55(6,7)8)57-52(64)72-33-32-71-31-30-70-29-28-69-27-26-68-25-24-66-9/h11-23,40,44-45,48,50H,24-38H2,1-10H3,(H,57,64)(H,58,63)/t40?,44?,45-,48+,50-/m1/s1. The van der Waals surface area contributed by atoms with Crippen molar-refractivity contribution >= 4 is 35.9 Å². The lowest BCUT2D eigenvalue weighted by Gasteiger charge is -2.36. The van der Waals surface area contributed by atoms with Crippen molar-refractivity contribution in [3.8, 4) is 11.3 Å². The molecule has 0 saturated heterocycles. The van der Waals surface area contributed by atoms with E-state index in [1.807, 2.05) is 93.6 Å². The van der Waals surface area contributed by atoms with E-state index in [0.717, 1.165) is 29.3 Å². The van der Waals surface area contributed by atoms with Crippen molar-refractivity contribution in [2.45, 2.75) is 99.6 Å². The van der Waals surface area contributed by atoms with Crippen LogP contribution in [-0.4, -0.2) is 151 Å². The van der Waals surface area contributed by atoms with Gasteiger partial charge in [-0.05, 0) is 40.5 Å². The van der Waals surface area contributed by atoms with Gasteiger partial charge in [0.15, 0.2) is 5.78 Å². The second-order valence-corrected chi connectivity index (χ2v) is 19.8. The maximum atomic E-state index is 14.8. The molecule has 1 aromatic heterocycles. The fraction of sp³-hybridized carbons (Fsp3) is 0.582. The predicted octanol–water partition coefficient (Wildman–Crippen LogP) is 6.91. The molecular formula is C55H80N4O16. The maximum absolute atomic E-state index is 14.8. The number of amides is 2. The second kappa shape index (κ2) is 33.8. The first-order valence-electron chi connectivity index (χ1n) is 25.2. The number of aromatic nitrogens is 1. The number of carbonyl (C=O) groups is 6. The van der Waals surface area contributed by atoms with Crippen molar-refractivity contribution in [3.05, 3.63) is 90.1 Å². The van der Waals surface area contributed by atoms with Gasteiger partial charge in [0, 0.05) is 51.6 Å². The summed E-state index contributed by atoms with van der Waals surface area (Å²) in [7, 11) is 2.86. The Bertz CT molecular complexity index is 2150. The van der Waals surface area contributed by atoms with Crippen LogP contribution in [0.5, 0.6) is 0 Å². The number of ketones is 1. The Morgan fingerprint density at radius 3 is 1.77 bits per heavy atom. The summed E-state index contributed by atoms with van der Waals surface area (Å²) in [4.78, 5) is 85.2. The van der Waals surface area contributed by atoms with Crippen molar-refractivity contribution in [1.82, 2.24) is 20.7 Å². The maximum Gasteiger partial charge on any atom is 0.511 e. The third-order valence-corrected chi connectivity index (χ3v) is 11.5. The average molecular weight is 1050 g/mol. The highest BCUT2D eigenvalue weighted by molar-refractivity contribution is 5.88. The van der Waals surface area contributed by atoms with Crippen LogP contribution in [0, 0.1) is 22.7 Å². The smallest absolute Gasteiger partial charge is 0.469 e. The summed E-state index contributed by atoms with van der Waals surface area (Å²) in [5.41, 5.74) is 4.59. The number of nitrogens with one attached hydrogen (secondary N) is 2. The predicted molar refractivity (Wildman–Crippen MR) is 277 cm³/mol. The van der Waals surface area contributed by atoms with Crippen LogP contribution in [0.3, 0.4) is 0 Å². The monoisotopic (exact) mass is 1050 g/mol. The number of rotatable bonds is 34. The highest BCUT2D eigenvalue weighted by atomic mass is 16.8. The Hall–Kier alpha value is -6.03. The number of pyridine rings is 1. The minimum absolute atomic E-state index is 0.0598. The summed E-state index contributed by atoms with van der Waals surface area (Å²) in [5.74, 6) is -3.89. The van der Waals surface area contributed by atoms with E-state index in [-0.39, 0.29) is 52.2 Å². The van der Waals surface area contributed by atoms with Crippen molar-refractivity contribution in [3.63, 3.8) is 0 Å². The molecule has 2 unspecified atom stereocenters. The number of hydrazine groups is 1. The molecule has 3 rings (SSSR count). The van der Waals surface area contributed by atoms with E-state index >= 15 is 0 Å². The van der Waals surface area contributed by atoms with Gasteiger partial charge in [-0.15, -0.1) is 0 Å². The van der Waals surface area contributed by atoms with Gasteiger partial charge in [-0.2, -0.15) is 0 Å². The second-order valence-electron chi connectivity index (χ2n) is 19.8. The minimum atomic E-state index is -1.34. The minimum Gasteiger partial charge on any atom is -0.469 e. The molecule has 5 atom stereocenters. The zero-order valence-corrected chi connectivity index (χ0v) is 45.4. The Morgan fingerprint density at radius 2 is 1.24 bits per heavy atom. The average Bonchev–Trinajstić information content (AvgIpc) is 3.35. The number of Topliss-reactive ketones (excluding diaryl/α,β-unsaturated/α-hetero) is 1. The fourth-order valence-electron chi connectivity index (χ4n) is 7.67. The van der Waals surface area contributed by atoms with Gasteiger partial charge in [0.1, 0.15) is 12.7 Å². The van der Waals surface area contributed by atoms with Gasteiger partial charge in [0.05, 0.1) is 97.2 Å². The molecule has 416 valence electrons. The lowest BCUT2D eigenvalue weighted by atomic mass is 9.78. The molecule has 0 spiro atoms. The molecule has 0 radical (unpaired) electrons.